The van der Waals surface area contributed by atoms with Gasteiger partial charge in [0.05, 0.1) is 12.6 Å². The topological polar surface area (TPSA) is 75.8 Å². The molecule has 0 bridgehead atoms. The molecule has 0 aliphatic carbocycles. The van der Waals surface area contributed by atoms with Crippen LogP contribution in [0, 0.1) is 5.41 Å². The second kappa shape index (κ2) is 5.29. The molecule has 1 atom stereocenters. The van der Waals surface area contributed by atoms with Crippen LogP contribution in [0.5, 0.6) is 0 Å². The van der Waals surface area contributed by atoms with E-state index >= 15 is 0 Å². The first-order valence-electron chi connectivity index (χ1n) is 5.98. The number of amides is 2. The summed E-state index contributed by atoms with van der Waals surface area (Å²) in [6.45, 7) is 6.70. The van der Waals surface area contributed by atoms with Gasteiger partial charge in [-0.25, -0.2) is 0 Å². The summed E-state index contributed by atoms with van der Waals surface area (Å²) in [5, 5.41) is 0. The molecule has 5 nitrogen and oxygen atoms in total. The van der Waals surface area contributed by atoms with Crippen molar-refractivity contribution < 1.29 is 9.59 Å². The molecule has 2 N–H and O–H groups in total. The van der Waals surface area contributed by atoms with Gasteiger partial charge in [0.25, 0.3) is 0 Å². The molecule has 0 aromatic carbocycles. The predicted octanol–water partition coefficient (Wildman–Crippen LogP) is 0.580. The minimum atomic E-state index is -0.625. The van der Waals surface area contributed by atoms with Gasteiger partial charge in [0, 0.05) is 24.6 Å². The highest BCUT2D eigenvalue weighted by atomic mass is 16.2. The lowest BCUT2D eigenvalue weighted by molar-refractivity contribution is -0.134. The molecule has 1 aliphatic rings. The number of hydrogen-bond acceptors (Lipinski definition) is 3. The minimum Gasteiger partial charge on any atom is -0.369 e. The van der Waals surface area contributed by atoms with Crippen molar-refractivity contribution >= 4 is 18.0 Å². The maximum absolute atomic E-state index is 11.8. The highest BCUT2D eigenvalue weighted by molar-refractivity contribution is 5.83. The van der Waals surface area contributed by atoms with Gasteiger partial charge in [-0.3, -0.25) is 14.6 Å². The van der Waals surface area contributed by atoms with Gasteiger partial charge >= 0.3 is 0 Å². The Bertz CT molecular complexity index is 337. The summed E-state index contributed by atoms with van der Waals surface area (Å²) in [6.07, 6.45) is 2.76. The molecule has 0 saturated heterocycles. The van der Waals surface area contributed by atoms with E-state index < -0.39 is 5.41 Å². The average molecular weight is 239 g/mol. The third kappa shape index (κ3) is 3.28. The average Bonchev–Trinajstić information content (AvgIpc) is 2.28. The molecule has 0 radical (unpaired) electrons. The van der Waals surface area contributed by atoms with Crippen molar-refractivity contribution in [3.8, 4) is 0 Å². The molecule has 1 heterocycles. The van der Waals surface area contributed by atoms with E-state index in [2.05, 4.69) is 4.99 Å². The molecule has 2 amide bonds. The van der Waals surface area contributed by atoms with Crippen molar-refractivity contribution in [1.82, 2.24) is 4.90 Å². The first-order valence-corrected chi connectivity index (χ1v) is 5.98. The molecule has 1 aliphatic heterocycles. The summed E-state index contributed by atoms with van der Waals surface area (Å²) in [5.41, 5.74) is 4.73. The van der Waals surface area contributed by atoms with Crippen molar-refractivity contribution in [2.45, 2.75) is 39.7 Å². The van der Waals surface area contributed by atoms with Crippen LogP contribution in [0.2, 0.25) is 0 Å². The van der Waals surface area contributed by atoms with Gasteiger partial charge in [-0.15, -0.1) is 0 Å². The fourth-order valence-electron chi connectivity index (χ4n) is 1.91. The molecule has 0 aromatic heterocycles. The summed E-state index contributed by atoms with van der Waals surface area (Å²) in [5.74, 6) is -0.248. The molecule has 1 unspecified atom stereocenters. The first kappa shape index (κ1) is 13.7. The first-order chi connectivity index (χ1) is 7.88. The highest BCUT2D eigenvalue weighted by Gasteiger charge is 2.33. The van der Waals surface area contributed by atoms with Crippen molar-refractivity contribution in [3.05, 3.63) is 0 Å². The van der Waals surface area contributed by atoms with Crippen LogP contribution in [-0.4, -0.2) is 42.1 Å². The third-order valence-electron chi connectivity index (χ3n) is 3.16. The SMILES string of the molecule is CCC(=O)N1CCN=CC1CC(C)(C)C(N)=O. The van der Waals surface area contributed by atoms with Gasteiger partial charge in [-0.1, -0.05) is 20.8 Å². The number of primary amides is 1. The summed E-state index contributed by atoms with van der Waals surface area (Å²) in [4.78, 5) is 29.1. The van der Waals surface area contributed by atoms with Gasteiger partial charge < -0.3 is 10.6 Å². The number of aliphatic imine (C=N–C) groups is 1. The van der Waals surface area contributed by atoms with E-state index in [1.807, 2.05) is 6.92 Å². The van der Waals surface area contributed by atoms with Crippen molar-refractivity contribution in [2.75, 3.05) is 13.1 Å². The van der Waals surface area contributed by atoms with Crippen LogP contribution in [0.1, 0.15) is 33.6 Å². The number of carbonyl (C=O) groups excluding carboxylic acids is 2. The van der Waals surface area contributed by atoms with Crippen LogP contribution < -0.4 is 5.73 Å². The maximum atomic E-state index is 11.8. The predicted molar refractivity (Wildman–Crippen MR) is 66.7 cm³/mol. The van der Waals surface area contributed by atoms with E-state index in [-0.39, 0.29) is 17.9 Å². The van der Waals surface area contributed by atoms with E-state index in [4.69, 9.17) is 5.73 Å². The van der Waals surface area contributed by atoms with Crippen LogP contribution in [-0.2, 0) is 9.59 Å². The molecule has 96 valence electrons. The normalized spacial score (nSPS) is 20.4. The molecule has 1 rings (SSSR count). The number of nitrogens with two attached hydrogens (primary N) is 1. The van der Waals surface area contributed by atoms with Crippen LogP contribution in [0.3, 0.4) is 0 Å². The minimum absolute atomic E-state index is 0.0985. The van der Waals surface area contributed by atoms with Crippen molar-refractivity contribution in [2.24, 2.45) is 16.1 Å². The number of rotatable bonds is 4. The summed E-state index contributed by atoms with van der Waals surface area (Å²) >= 11 is 0. The van der Waals surface area contributed by atoms with Gasteiger partial charge in [0.2, 0.25) is 11.8 Å². The Balaban J connectivity index is 2.79. The Hall–Kier alpha value is -1.39. The standard InChI is InChI=1S/C12H21N3O2/c1-4-10(16)15-6-5-14-8-9(15)7-12(2,3)11(13)17/h8-9H,4-7H2,1-3H3,(H2,13,17). The van der Waals surface area contributed by atoms with E-state index in [0.29, 0.717) is 25.9 Å². The largest absolute Gasteiger partial charge is 0.369 e. The van der Waals surface area contributed by atoms with Crippen LogP contribution in [0.4, 0.5) is 0 Å². The third-order valence-corrected chi connectivity index (χ3v) is 3.16. The van der Waals surface area contributed by atoms with Gasteiger partial charge in [0.1, 0.15) is 0 Å². The Kier molecular flexibility index (Phi) is 4.26. The lowest BCUT2D eigenvalue weighted by atomic mass is 9.84. The number of hydrogen-bond donors (Lipinski definition) is 1. The molecule has 0 fully saturated rings. The monoisotopic (exact) mass is 239 g/mol. The van der Waals surface area contributed by atoms with Crippen molar-refractivity contribution in [3.63, 3.8) is 0 Å². The van der Waals surface area contributed by atoms with Crippen LogP contribution >= 0.6 is 0 Å². The molecule has 0 aromatic rings. The van der Waals surface area contributed by atoms with Crippen LogP contribution in [0.25, 0.3) is 0 Å². The van der Waals surface area contributed by atoms with Gasteiger partial charge in [0.15, 0.2) is 0 Å². The molecule has 0 saturated carbocycles. The Morgan fingerprint density at radius 1 is 1.53 bits per heavy atom. The molecular weight excluding hydrogens is 218 g/mol. The van der Waals surface area contributed by atoms with E-state index in [9.17, 15) is 9.59 Å². The summed E-state index contributed by atoms with van der Waals surface area (Å²) in [7, 11) is 0. The van der Waals surface area contributed by atoms with Crippen molar-refractivity contribution in [1.29, 1.82) is 0 Å². The lowest BCUT2D eigenvalue weighted by Crippen LogP contribution is -2.48. The molecular formula is C12H21N3O2. The molecule has 5 heteroatoms. The van der Waals surface area contributed by atoms with E-state index in [0.717, 1.165) is 0 Å². The van der Waals surface area contributed by atoms with E-state index in [1.165, 1.54) is 0 Å². The molecule has 17 heavy (non-hydrogen) atoms. The zero-order chi connectivity index (χ0) is 13.1. The molecule has 0 spiro atoms. The Labute approximate surface area is 102 Å². The quantitative estimate of drug-likeness (QED) is 0.779. The Morgan fingerprint density at radius 3 is 2.71 bits per heavy atom. The lowest BCUT2D eigenvalue weighted by Gasteiger charge is -2.35. The zero-order valence-corrected chi connectivity index (χ0v) is 10.8. The summed E-state index contributed by atoms with van der Waals surface area (Å²) < 4.78 is 0. The zero-order valence-electron chi connectivity index (χ0n) is 10.8. The summed E-state index contributed by atoms with van der Waals surface area (Å²) in [6, 6.07) is -0.112. The van der Waals surface area contributed by atoms with E-state index in [1.54, 1.807) is 25.0 Å². The smallest absolute Gasteiger partial charge is 0.223 e. The van der Waals surface area contributed by atoms with Gasteiger partial charge in [-0.05, 0) is 6.42 Å². The fourth-order valence-corrected chi connectivity index (χ4v) is 1.91. The second-order valence-electron chi connectivity index (χ2n) is 5.02. The highest BCUT2D eigenvalue weighted by Crippen LogP contribution is 2.24. The number of nitrogens with zero attached hydrogens (tertiary/aromatic N) is 2. The van der Waals surface area contributed by atoms with Gasteiger partial charge in [-0.2, -0.15) is 0 Å². The fraction of sp³-hybridized carbons (Fsp3) is 0.750. The van der Waals surface area contributed by atoms with Crippen LogP contribution in [0.15, 0.2) is 4.99 Å². The second-order valence-corrected chi connectivity index (χ2v) is 5.02. The maximum Gasteiger partial charge on any atom is 0.223 e. The Morgan fingerprint density at radius 2 is 2.18 bits per heavy atom. The number of carbonyl (C=O) groups is 2.